The Hall–Kier alpha value is -1.56. The third-order valence-electron chi connectivity index (χ3n) is 3.49. The average molecular weight is 232 g/mol. The Labute approximate surface area is 101 Å². The molecule has 1 N–H and O–H groups in total. The molecule has 1 aliphatic carbocycles. The largest absolute Gasteiger partial charge is 0.384 e. The predicted octanol–water partition coefficient (Wildman–Crippen LogP) is 3.55. The van der Waals surface area contributed by atoms with Gasteiger partial charge in [-0.25, -0.2) is 4.39 Å². The molecule has 1 aliphatic rings. The Balaban J connectivity index is 1.97. The van der Waals surface area contributed by atoms with Crippen molar-refractivity contribution in [3.63, 3.8) is 0 Å². The van der Waals surface area contributed by atoms with Crippen LogP contribution in [-0.4, -0.2) is 6.54 Å². The molecule has 0 radical (unpaired) electrons. The molecule has 2 unspecified atom stereocenters. The van der Waals surface area contributed by atoms with E-state index in [2.05, 4.69) is 12.2 Å². The van der Waals surface area contributed by atoms with E-state index in [0.29, 0.717) is 11.5 Å². The van der Waals surface area contributed by atoms with E-state index in [-0.39, 0.29) is 5.82 Å². The molecule has 1 saturated carbocycles. The van der Waals surface area contributed by atoms with E-state index in [9.17, 15) is 4.39 Å². The van der Waals surface area contributed by atoms with Gasteiger partial charge in [-0.1, -0.05) is 13.3 Å². The molecule has 1 aromatic carbocycles. The molecular weight excluding hydrogens is 215 g/mol. The van der Waals surface area contributed by atoms with Crippen molar-refractivity contribution < 1.29 is 4.39 Å². The minimum absolute atomic E-state index is 0.360. The minimum Gasteiger partial charge on any atom is -0.384 e. The first-order valence-corrected chi connectivity index (χ1v) is 6.12. The predicted molar refractivity (Wildman–Crippen MR) is 66.1 cm³/mol. The number of nitrogens with one attached hydrogen (secondary N) is 1. The van der Waals surface area contributed by atoms with Crippen LogP contribution in [0.3, 0.4) is 0 Å². The summed E-state index contributed by atoms with van der Waals surface area (Å²) < 4.78 is 12.9. The fourth-order valence-corrected chi connectivity index (χ4v) is 2.53. The van der Waals surface area contributed by atoms with Gasteiger partial charge in [-0.15, -0.1) is 0 Å². The Bertz CT molecular complexity index is 436. The molecule has 0 aliphatic heterocycles. The first-order chi connectivity index (χ1) is 8.19. The topological polar surface area (TPSA) is 35.8 Å². The van der Waals surface area contributed by atoms with Crippen LogP contribution in [0.25, 0.3) is 0 Å². The first kappa shape index (κ1) is 11.9. The highest BCUT2D eigenvalue weighted by Gasteiger charge is 2.21. The van der Waals surface area contributed by atoms with Crippen molar-refractivity contribution in [2.45, 2.75) is 26.2 Å². The van der Waals surface area contributed by atoms with E-state index in [1.165, 1.54) is 31.4 Å². The second-order valence-electron chi connectivity index (χ2n) is 4.97. The summed E-state index contributed by atoms with van der Waals surface area (Å²) in [6, 6.07) is 6.33. The summed E-state index contributed by atoms with van der Waals surface area (Å²) >= 11 is 0. The van der Waals surface area contributed by atoms with Gasteiger partial charge in [0, 0.05) is 6.54 Å². The zero-order valence-electron chi connectivity index (χ0n) is 10.0. The fraction of sp³-hybridized carbons (Fsp3) is 0.500. The average Bonchev–Trinajstić information content (AvgIpc) is 2.73. The van der Waals surface area contributed by atoms with Gasteiger partial charge >= 0.3 is 0 Å². The van der Waals surface area contributed by atoms with Gasteiger partial charge in [0.1, 0.15) is 11.9 Å². The third kappa shape index (κ3) is 2.97. The molecule has 0 aromatic heterocycles. The van der Waals surface area contributed by atoms with E-state index < -0.39 is 0 Å². The van der Waals surface area contributed by atoms with E-state index >= 15 is 0 Å². The van der Waals surface area contributed by atoms with Crippen molar-refractivity contribution in [3.05, 3.63) is 29.6 Å². The van der Waals surface area contributed by atoms with Crippen LogP contribution < -0.4 is 5.32 Å². The molecule has 3 heteroatoms. The highest BCUT2D eigenvalue weighted by atomic mass is 19.1. The number of anilines is 1. The van der Waals surface area contributed by atoms with Crippen LogP contribution in [-0.2, 0) is 0 Å². The summed E-state index contributed by atoms with van der Waals surface area (Å²) in [5, 5.41) is 12.2. The van der Waals surface area contributed by atoms with E-state index in [0.717, 1.165) is 18.2 Å². The lowest BCUT2D eigenvalue weighted by Gasteiger charge is -2.13. The van der Waals surface area contributed by atoms with Crippen LogP contribution in [0.15, 0.2) is 18.2 Å². The Morgan fingerprint density at radius 3 is 2.94 bits per heavy atom. The molecule has 17 heavy (non-hydrogen) atoms. The zero-order valence-corrected chi connectivity index (χ0v) is 10.0. The standard InChI is InChI=1S/C14H17FN2/c1-10-2-3-11(6-10)9-17-14-5-4-13(15)7-12(14)8-16/h4-5,7,10-11,17H,2-3,6,9H2,1H3. The molecular formula is C14H17FN2. The van der Waals surface area contributed by atoms with Crippen LogP contribution in [0.2, 0.25) is 0 Å². The second kappa shape index (κ2) is 5.18. The SMILES string of the molecule is CC1CCC(CNc2ccc(F)cc2C#N)C1. The molecule has 1 fully saturated rings. The van der Waals surface area contributed by atoms with Gasteiger partial charge in [0.25, 0.3) is 0 Å². The van der Waals surface area contributed by atoms with Gasteiger partial charge in [0.15, 0.2) is 0 Å². The number of halogens is 1. The maximum atomic E-state index is 12.9. The molecule has 0 saturated heterocycles. The van der Waals surface area contributed by atoms with Gasteiger partial charge in [-0.05, 0) is 42.9 Å². The van der Waals surface area contributed by atoms with Crippen molar-refractivity contribution in [3.8, 4) is 6.07 Å². The van der Waals surface area contributed by atoms with E-state index in [4.69, 9.17) is 5.26 Å². The molecule has 90 valence electrons. The summed E-state index contributed by atoms with van der Waals surface area (Å²) in [5.74, 6) is 1.13. The van der Waals surface area contributed by atoms with Gasteiger partial charge in [-0.2, -0.15) is 5.26 Å². The number of hydrogen-bond acceptors (Lipinski definition) is 2. The number of hydrogen-bond donors (Lipinski definition) is 1. The highest BCUT2D eigenvalue weighted by molar-refractivity contribution is 5.57. The lowest BCUT2D eigenvalue weighted by molar-refractivity contribution is 0.537. The van der Waals surface area contributed by atoms with Gasteiger partial charge in [0.05, 0.1) is 11.3 Å². The molecule has 0 spiro atoms. The lowest BCUT2D eigenvalue weighted by atomic mass is 10.1. The Kier molecular flexibility index (Phi) is 3.63. The second-order valence-corrected chi connectivity index (χ2v) is 4.97. The molecule has 0 heterocycles. The molecule has 0 amide bonds. The van der Waals surface area contributed by atoms with Gasteiger partial charge in [0.2, 0.25) is 0 Å². The number of benzene rings is 1. The number of nitrogens with zero attached hydrogens (tertiary/aromatic N) is 1. The normalized spacial score (nSPS) is 23.4. The lowest BCUT2D eigenvalue weighted by Crippen LogP contribution is -2.12. The highest BCUT2D eigenvalue weighted by Crippen LogP contribution is 2.30. The zero-order chi connectivity index (χ0) is 12.3. The van der Waals surface area contributed by atoms with Crippen LogP contribution in [0.4, 0.5) is 10.1 Å². The summed E-state index contributed by atoms with van der Waals surface area (Å²) in [6.45, 7) is 3.16. The fourth-order valence-electron chi connectivity index (χ4n) is 2.53. The minimum atomic E-state index is -0.360. The number of nitriles is 1. The van der Waals surface area contributed by atoms with Crippen LogP contribution in [0.5, 0.6) is 0 Å². The molecule has 2 atom stereocenters. The van der Waals surface area contributed by atoms with Crippen molar-refractivity contribution in [2.75, 3.05) is 11.9 Å². The maximum absolute atomic E-state index is 12.9. The Morgan fingerprint density at radius 1 is 1.47 bits per heavy atom. The first-order valence-electron chi connectivity index (χ1n) is 6.12. The summed E-state index contributed by atoms with van der Waals surface area (Å²) in [7, 11) is 0. The van der Waals surface area contributed by atoms with Crippen LogP contribution in [0.1, 0.15) is 31.7 Å². The van der Waals surface area contributed by atoms with E-state index in [1.807, 2.05) is 6.07 Å². The third-order valence-corrected chi connectivity index (χ3v) is 3.49. The van der Waals surface area contributed by atoms with Crippen LogP contribution in [0, 0.1) is 29.0 Å². The monoisotopic (exact) mass is 232 g/mol. The van der Waals surface area contributed by atoms with Crippen molar-refractivity contribution in [2.24, 2.45) is 11.8 Å². The smallest absolute Gasteiger partial charge is 0.124 e. The molecule has 1 aromatic rings. The molecule has 0 bridgehead atoms. The van der Waals surface area contributed by atoms with Crippen molar-refractivity contribution >= 4 is 5.69 Å². The maximum Gasteiger partial charge on any atom is 0.124 e. The van der Waals surface area contributed by atoms with E-state index in [1.54, 1.807) is 6.07 Å². The molecule has 2 rings (SSSR count). The summed E-state index contributed by atoms with van der Waals surface area (Å²) in [4.78, 5) is 0. The van der Waals surface area contributed by atoms with Crippen LogP contribution >= 0.6 is 0 Å². The van der Waals surface area contributed by atoms with Gasteiger partial charge < -0.3 is 5.32 Å². The quantitative estimate of drug-likeness (QED) is 0.865. The Morgan fingerprint density at radius 2 is 2.29 bits per heavy atom. The summed E-state index contributed by atoms with van der Waals surface area (Å²) in [5.41, 5.74) is 1.13. The van der Waals surface area contributed by atoms with Crippen molar-refractivity contribution in [1.29, 1.82) is 5.26 Å². The number of rotatable bonds is 3. The molecule has 2 nitrogen and oxygen atoms in total. The van der Waals surface area contributed by atoms with Gasteiger partial charge in [-0.3, -0.25) is 0 Å². The summed E-state index contributed by atoms with van der Waals surface area (Å²) in [6.07, 6.45) is 3.79. The van der Waals surface area contributed by atoms with Crippen molar-refractivity contribution in [1.82, 2.24) is 0 Å².